The van der Waals surface area contributed by atoms with Crippen LogP contribution in [-0.2, 0) is 11.7 Å². The molecule has 0 radical (unpaired) electrons. The number of benzene rings is 2. The van der Waals surface area contributed by atoms with Crippen LogP contribution in [0.25, 0.3) is 0 Å². The lowest BCUT2D eigenvalue weighted by atomic mass is 9.81. The normalized spacial score (nSPS) is 22.7. The lowest BCUT2D eigenvalue weighted by molar-refractivity contribution is -0.137. The highest BCUT2D eigenvalue weighted by molar-refractivity contribution is 6.31. The standard InChI is InChI=1S/C18H13ClF3NO/c19-13-5-6-15-14(10-13)16(24)23-8-2-7-17(15,23)11-3-1-4-12(9-11)18(20,21)22/h1,3-6,9-10H,2,7-8H2. The highest BCUT2D eigenvalue weighted by Crippen LogP contribution is 2.51. The van der Waals surface area contributed by atoms with Crippen LogP contribution in [0.4, 0.5) is 13.2 Å². The van der Waals surface area contributed by atoms with Crippen molar-refractivity contribution in [3.8, 4) is 0 Å². The second kappa shape index (κ2) is 4.99. The van der Waals surface area contributed by atoms with Gasteiger partial charge in [0.1, 0.15) is 0 Å². The summed E-state index contributed by atoms with van der Waals surface area (Å²) in [6.07, 6.45) is -3.06. The van der Waals surface area contributed by atoms with Crippen molar-refractivity contribution in [2.24, 2.45) is 0 Å². The first kappa shape index (κ1) is 15.5. The van der Waals surface area contributed by atoms with Crippen LogP contribution >= 0.6 is 11.6 Å². The van der Waals surface area contributed by atoms with Crippen LogP contribution < -0.4 is 0 Å². The molecule has 2 aromatic rings. The van der Waals surface area contributed by atoms with E-state index in [1.165, 1.54) is 6.07 Å². The third-order valence-corrected chi connectivity index (χ3v) is 5.19. The Hall–Kier alpha value is -2.01. The first-order chi connectivity index (χ1) is 11.3. The van der Waals surface area contributed by atoms with Crippen molar-refractivity contribution in [3.05, 3.63) is 69.7 Å². The second-order valence-corrected chi connectivity index (χ2v) is 6.63. The zero-order valence-corrected chi connectivity index (χ0v) is 13.3. The summed E-state index contributed by atoms with van der Waals surface area (Å²) < 4.78 is 39.4. The molecule has 1 amide bonds. The molecular weight excluding hydrogens is 339 g/mol. The number of hydrogen-bond acceptors (Lipinski definition) is 1. The Bertz CT molecular complexity index is 848. The van der Waals surface area contributed by atoms with E-state index in [4.69, 9.17) is 11.6 Å². The maximum atomic E-state index is 13.1. The van der Waals surface area contributed by atoms with Gasteiger partial charge >= 0.3 is 6.18 Å². The van der Waals surface area contributed by atoms with Gasteiger partial charge in [-0.25, -0.2) is 0 Å². The molecule has 1 atom stereocenters. The number of carbonyl (C=O) groups excluding carboxylic acids is 1. The second-order valence-electron chi connectivity index (χ2n) is 6.19. The first-order valence-corrected chi connectivity index (χ1v) is 8.01. The van der Waals surface area contributed by atoms with Gasteiger partial charge in [0, 0.05) is 17.1 Å². The number of nitrogens with zero attached hydrogens (tertiary/aromatic N) is 1. The molecule has 0 aliphatic carbocycles. The van der Waals surface area contributed by atoms with Gasteiger partial charge in [0.05, 0.1) is 11.1 Å². The molecule has 0 spiro atoms. The van der Waals surface area contributed by atoms with Gasteiger partial charge in [-0.1, -0.05) is 29.8 Å². The molecule has 6 heteroatoms. The summed E-state index contributed by atoms with van der Waals surface area (Å²) in [5, 5.41) is 0.447. The third kappa shape index (κ3) is 2.00. The van der Waals surface area contributed by atoms with Gasteiger partial charge in [-0.3, -0.25) is 4.79 Å². The molecule has 2 aliphatic rings. The average Bonchev–Trinajstić information content (AvgIpc) is 3.07. The van der Waals surface area contributed by atoms with Crippen LogP contribution in [0.3, 0.4) is 0 Å². The SMILES string of the molecule is O=C1c2cc(Cl)ccc2C2(c3cccc(C(F)(F)F)c3)CCCN12. The summed E-state index contributed by atoms with van der Waals surface area (Å²) in [5.74, 6) is -0.164. The lowest BCUT2D eigenvalue weighted by Gasteiger charge is -2.34. The van der Waals surface area contributed by atoms with Crippen LogP contribution in [0.1, 0.15) is 39.9 Å². The molecule has 1 saturated heterocycles. The molecule has 2 heterocycles. The smallest absolute Gasteiger partial charge is 0.325 e. The van der Waals surface area contributed by atoms with E-state index < -0.39 is 17.3 Å². The van der Waals surface area contributed by atoms with Crippen molar-refractivity contribution in [1.29, 1.82) is 0 Å². The van der Waals surface area contributed by atoms with Crippen LogP contribution in [-0.4, -0.2) is 17.4 Å². The predicted octanol–water partition coefficient (Wildman–Crippen LogP) is 4.85. The molecule has 1 fully saturated rings. The Balaban J connectivity index is 1.95. The van der Waals surface area contributed by atoms with Crippen molar-refractivity contribution in [2.45, 2.75) is 24.6 Å². The largest absolute Gasteiger partial charge is 0.416 e. The maximum absolute atomic E-state index is 13.1. The fraction of sp³-hybridized carbons (Fsp3) is 0.278. The molecular formula is C18H13ClF3NO. The molecule has 2 aliphatic heterocycles. The Kier molecular flexibility index (Phi) is 3.23. The van der Waals surface area contributed by atoms with Crippen LogP contribution in [0.5, 0.6) is 0 Å². The van der Waals surface area contributed by atoms with Crippen molar-refractivity contribution in [1.82, 2.24) is 4.90 Å². The molecule has 0 bridgehead atoms. The van der Waals surface area contributed by atoms with E-state index in [9.17, 15) is 18.0 Å². The molecule has 4 rings (SSSR count). The zero-order valence-electron chi connectivity index (χ0n) is 12.5. The molecule has 2 aromatic carbocycles. The van der Waals surface area contributed by atoms with E-state index >= 15 is 0 Å². The first-order valence-electron chi connectivity index (χ1n) is 7.64. The van der Waals surface area contributed by atoms with Gasteiger partial charge < -0.3 is 4.90 Å². The van der Waals surface area contributed by atoms with Crippen molar-refractivity contribution >= 4 is 17.5 Å². The van der Waals surface area contributed by atoms with Crippen LogP contribution in [0, 0.1) is 0 Å². The Labute approximate surface area is 141 Å². The summed E-state index contributed by atoms with van der Waals surface area (Å²) in [7, 11) is 0. The number of amides is 1. The minimum Gasteiger partial charge on any atom is -0.325 e. The van der Waals surface area contributed by atoms with Gasteiger partial charge in [0.2, 0.25) is 0 Å². The lowest BCUT2D eigenvalue weighted by Crippen LogP contribution is -2.39. The summed E-state index contributed by atoms with van der Waals surface area (Å²) in [6.45, 7) is 0.529. The molecule has 2 nitrogen and oxygen atoms in total. The van der Waals surface area contributed by atoms with Gasteiger partial charge in [-0.05, 0) is 48.2 Å². The molecule has 0 saturated carbocycles. The summed E-state index contributed by atoms with van der Waals surface area (Å²) in [6, 6.07) is 10.3. The predicted molar refractivity (Wildman–Crippen MR) is 83.9 cm³/mol. The molecule has 0 aromatic heterocycles. The van der Waals surface area contributed by atoms with E-state index in [2.05, 4.69) is 0 Å². The molecule has 24 heavy (non-hydrogen) atoms. The summed E-state index contributed by atoms with van der Waals surface area (Å²) in [5.41, 5.74) is 0.215. The van der Waals surface area contributed by atoms with Crippen molar-refractivity contribution in [3.63, 3.8) is 0 Å². The summed E-state index contributed by atoms with van der Waals surface area (Å²) in [4.78, 5) is 14.4. The highest BCUT2D eigenvalue weighted by atomic mass is 35.5. The van der Waals surface area contributed by atoms with E-state index in [1.54, 1.807) is 29.2 Å². The zero-order chi connectivity index (χ0) is 17.1. The fourth-order valence-electron chi connectivity index (χ4n) is 3.98. The number of carbonyl (C=O) groups is 1. The van der Waals surface area contributed by atoms with Crippen LogP contribution in [0.2, 0.25) is 5.02 Å². The Morgan fingerprint density at radius 2 is 1.92 bits per heavy atom. The van der Waals surface area contributed by atoms with Gasteiger partial charge in [-0.15, -0.1) is 0 Å². The monoisotopic (exact) mass is 351 g/mol. The maximum Gasteiger partial charge on any atom is 0.416 e. The Morgan fingerprint density at radius 1 is 1.12 bits per heavy atom. The average molecular weight is 352 g/mol. The topological polar surface area (TPSA) is 20.3 Å². The molecule has 1 unspecified atom stereocenters. The third-order valence-electron chi connectivity index (χ3n) is 4.95. The number of fused-ring (bicyclic) bond motifs is 3. The minimum atomic E-state index is -4.42. The van der Waals surface area contributed by atoms with Gasteiger partial charge in [-0.2, -0.15) is 13.2 Å². The van der Waals surface area contributed by atoms with E-state index in [0.29, 0.717) is 29.1 Å². The van der Waals surface area contributed by atoms with Gasteiger partial charge in [0.25, 0.3) is 5.91 Å². The number of halogens is 4. The number of hydrogen-bond donors (Lipinski definition) is 0. The minimum absolute atomic E-state index is 0.164. The van der Waals surface area contributed by atoms with Crippen molar-refractivity contribution < 1.29 is 18.0 Å². The van der Waals surface area contributed by atoms with E-state index in [-0.39, 0.29) is 5.91 Å². The number of alkyl halides is 3. The number of rotatable bonds is 1. The van der Waals surface area contributed by atoms with Crippen LogP contribution in [0.15, 0.2) is 42.5 Å². The van der Waals surface area contributed by atoms with E-state index in [1.807, 2.05) is 0 Å². The highest BCUT2D eigenvalue weighted by Gasteiger charge is 2.53. The molecule has 124 valence electrons. The summed E-state index contributed by atoms with van der Waals surface area (Å²) >= 11 is 6.00. The quantitative estimate of drug-likeness (QED) is 0.719. The molecule has 0 N–H and O–H groups in total. The Morgan fingerprint density at radius 3 is 2.67 bits per heavy atom. The van der Waals surface area contributed by atoms with E-state index in [0.717, 1.165) is 24.1 Å². The van der Waals surface area contributed by atoms with Crippen molar-refractivity contribution in [2.75, 3.05) is 6.54 Å². The van der Waals surface area contributed by atoms with Gasteiger partial charge in [0.15, 0.2) is 0 Å². The fourth-order valence-corrected chi connectivity index (χ4v) is 4.15.